The summed E-state index contributed by atoms with van der Waals surface area (Å²) in [6, 6.07) is 3.33. The fourth-order valence-electron chi connectivity index (χ4n) is 3.47. The highest BCUT2D eigenvalue weighted by Crippen LogP contribution is 2.41. The largest absolute Gasteiger partial charge is 0.493 e. The zero-order valence-corrected chi connectivity index (χ0v) is 17.5. The first-order chi connectivity index (χ1) is 13.1. The van der Waals surface area contributed by atoms with Gasteiger partial charge in [0, 0.05) is 24.8 Å². The summed E-state index contributed by atoms with van der Waals surface area (Å²) in [5.74, 6) is -0.728. The molecular weight excluding hydrogens is 380 g/mol. The lowest BCUT2D eigenvalue weighted by Crippen LogP contribution is -2.37. The zero-order valence-electron chi connectivity index (χ0n) is 16.7. The van der Waals surface area contributed by atoms with Crippen LogP contribution in [0.25, 0.3) is 0 Å². The van der Waals surface area contributed by atoms with Crippen molar-refractivity contribution in [1.82, 2.24) is 9.78 Å². The zero-order chi connectivity index (χ0) is 20.7. The molecule has 1 aliphatic heterocycles. The molecule has 28 heavy (non-hydrogen) atoms. The molecule has 8 heteroatoms. The van der Waals surface area contributed by atoms with Crippen LogP contribution in [0.3, 0.4) is 0 Å². The first-order valence-corrected chi connectivity index (χ1v) is 10.8. The first kappa shape index (κ1) is 20.5. The number of aromatic nitrogens is 2. The van der Waals surface area contributed by atoms with Crippen molar-refractivity contribution in [3.05, 3.63) is 40.6 Å². The summed E-state index contributed by atoms with van der Waals surface area (Å²) in [5.41, 5.74) is 1.33. The van der Waals surface area contributed by atoms with Crippen LogP contribution in [-0.2, 0) is 34.6 Å². The maximum atomic E-state index is 13.3. The minimum absolute atomic E-state index is 0.0222. The van der Waals surface area contributed by atoms with E-state index in [0.29, 0.717) is 30.6 Å². The first-order valence-electron chi connectivity index (χ1n) is 9.34. The lowest BCUT2D eigenvalue weighted by molar-refractivity contribution is 0.101. The molecule has 1 aromatic heterocycles. The molecule has 152 valence electrons. The minimum Gasteiger partial charge on any atom is -0.493 e. The van der Waals surface area contributed by atoms with Crippen LogP contribution < -0.4 is 0 Å². The number of hydrogen-bond acceptors (Lipinski definition) is 6. The van der Waals surface area contributed by atoms with E-state index < -0.39 is 20.4 Å². The van der Waals surface area contributed by atoms with Gasteiger partial charge in [-0.3, -0.25) is 4.79 Å². The standard InChI is InChI=1S/C20H26N2O5S/c1-5-10-27-12-16-14(17(23)15-11-21-22(4)19(15)24)7-6-13-8-9-20(2,3)28(25,26)18(13)16/h6-7,11,24H,5,8-10,12H2,1-4H3. The number of ketones is 1. The van der Waals surface area contributed by atoms with Crippen molar-refractivity contribution in [2.75, 3.05) is 6.61 Å². The molecule has 2 aromatic rings. The number of ether oxygens (including phenoxy) is 1. The molecule has 0 saturated heterocycles. The molecule has 1 aromatic carbocycles. The van der Waals surface area contributed by atoms with Gasteiger partial charge < -0.3 is 9.84 Å². The molecule has 0 radical (unpaired) electrons. The van der Waals surface area contributed by atoms with E-state index in [0.717, 1.165) is 6.42 Å². The number of nitrogens with zero attached hydrogens (tertiary/aromatic N) is 2. The van der Waals surface area contributed by atoms with Gasteiger partial charge in [-0.25, -0.2) is 13.1 Å². The fourth-order valence-corrected chi connectivity index (χ4v) is 5.40. The van der Waals surface area contributed by atoms with E-state index in [1.54, 1.807) is 26.0 Å². The number of fused-ring (bicyclic) bond motifs is 1. The molecule has 0 aliphatic carbocycles. The van der Waals surface area contributed by atoms with Crippen LogP contribution in [0.5, 0.6) is 5.88 Å². The molecule has 0 saturated carbocycles. The van der Waals surface area contributed by atoms with Crippen molar-refractivity contribution in [1.29, 1.82) is 0 Å². The highest BCUT2D eigenvalue weighted by atomic mass is 32.2. The summed E-state index contributed by atoms with van der Waals surface area (Å²) in [4.78, 5) is 13.3. The SMILES string of the molecule is CCCOCc1c(C(=O)c2cnn(C)c2O)ccc2c1S(=O)(=O)C(C)(C)CC2. The minimum atomic E-state index is -3.65. The quantitative estimate of drug-likeness (QED) is 0.585. The van der Waals surface area contributed by atoms with Gasteiger partial charge >= 0.3 is 0 Å². The lowest BCUT2D eigenvalue weighted by Gasteiger charge is -2.33. The number of hydrogen-bond donors (Lipinski definition) is 1. The molecular formula is C20H26N2O5S. The molecule has 3 rings (SSSR count). The number of carbonyl (C=O) groups excluding carboxylic acids is 1. The Bertz CT molecular complexity index is 1020. The predicted molar refractivity (Wildman–Crippen MR) is 104 cm³/mol. The third kappa shape index (κ3) is 3.24. The Labute approximate surface area is 165 Å². The topological polar surface area (TPSA) is 98.5 Å². The number of aromatic hydroxyl groups is 1. The van der Waals surface area contributed by atoms with Crippen molar-refractivity contribution >= 4 is 15.6 Å². The van der Waals surface area contributed by atoms with Crippen LogP contribution >= 0.6 is 0 Å². The summed E-state index contributed by atoms with van der Waals surface area (Å²) in [6.07, 6.45) is 3.20. The summed E-state index contributed by atoms with van der Waals surface area (Å²) in [5, 5.41) is 14.0. The Kier molecular flexibility index (Phi) is 5.38. The van der Waals surface area contributed by atoms with Gasteiger partial charge in [-0.2, -0.15) is 5.10 Å². The molecule has 0 unspecified atom stereocenters. The molecule has 0 fully saturated rings. The number of rotatable bonds is 6. The number of benzene rings is 1. The predicted octanol–water partition coefficient (Wildman–Crippen LogP) is 2.78. The van der Waals surface area contributed by atoms with Crippen molar-refractivity contribution in [2.45, 2.75) is 56.3 Å². The van der Waals surface area contributed by atoms with Gasteiger partial charge in [-0.05, 0) is 38.7 Å². The van der Waals surface area contributed by atoms with E-state index in [2.05, 4.69) is 5.10 Å². The Morgan fingerprint density at radius 3 is 2.64 bits per heavy atom. The summed E-state index contributed by atoms with van der Waals surface area (Å²) < 4.78 is 32.6. The molecule has 0 atom stereocenters. The van der Waals surface area contributed by atoms with E-state index >= 15 is 0 Å². The van der Waals surface area contributed by atoms with Crippen LogP contribution in [0, 0.1) is 0 Å². The Morgan fingerprint density at radius 2 is 2.04 bits per heavy atom. The number of sulfone groups is 1. The highest BCUT2D eigenvalue weighted by molar-refractivity contribution is 7.93. The van der Waals surface area contributed by atoms with Gasteiger partial charge in [0.15, 0.2) is 15.6 Å². The molecule has 0 spiro atoms. The summed E-state index contributed by atoms with van der Waals surface area (Å²) >= 11 is 0. The van der Waals surface area contributed by atoms with Gasteiger partial charge in [0.05, 0.1) is 22.4 Å². The molecule has 0 amide bonds. The Morgan fingerprint density at radius 1 is 1.32 bits per heavy atom. The van der Waals surface area contributed by atoms with Crippen LogP contribution in [0.15, 0.2) is 23.2 Å². The van der Waals surface area contributed by atoms with E-state index in [1.165, 1.54) is 17.9 Å². The normalized spacial score (nSPS) is 17.3. The molecule has 2 heterocycles. The third-order valence-corrected chi connectivity index (χ3v) is 8.03. The Balaban J connectivity index is 2.21. The van der Waals surface area contributed by atoms with Crippen molar-refractivity contribution < 1.29 is 23.1 Å². The molecule has 1 aliphatic rings. The van der Waals surface area contributed by atoms with Crippen LogP contribution in [0.4, 0.5) is 0 Å². The second kappa shape index (κ2) is 7.33. The van der Waals surface area contributed by atoms with Crippen LogP contribution in [-0.4, -0.2) is 40.4 Å². The summed E-state index contributed by atoms with van der Waals surface area (Å²) in [6.45, 7) is 5.86. The van der Waals surface area contributed by atoms with Gasteiger partial charge in [-0.1, -0.05) is 19.1 Å². The van der Waals surface area contributed by atoms with E-state index in [9.17, 15) is 18.3 Å². The van der Waals surface area contributed by atoms with Gasteiger partial charge in [0.2, 0.25) is 5.88 Å². The van der Waals surface area contributed by atoms with Crippen molar-refractivity contribution in [3.8, 4) is 5.88 Å². The highest BCUT2D eigenvalue weighted by Gasteiger charge is 2.43. The maximum absolute atomic E-state index is 13.3. The lowest BCUT2D eigenvalue weighted by atomic mass is 9.94. The van der Waals surface area contributed by atoms with E-state index in [4.69, 9.17) is 4.74 Å². The van der Waals surface area contributed by atoms with Gasteiger partial charge in [0.1, 0.15) is 5.56 Å². The molecule has 1 N–H and O–H groups in total. The van der Waals surface area contributed by atoms with E-state index in [1.807, 2.05) is 6.92 Å². The number of carbonyl (C=O) groups is 1. The average molecular weight is 407 g/mol. The second-order valence-electron chi connectivity index (χ2n) is 7.73. The fraction of sp³-hybridized carbons (Fsp3) is 0.500. The average Bonchev–Trinajstić information content (AvgIpc) is 2.97. The smallest absolute Gasteiger partial charge is 0.220 e. The number of aryl methyl sites for hydroxylation is 2. The second-order valence-corrected chi connectivity index (χ2v) is 10.3. The van der Waals surface area contributed by atoms with Gasteiger partial charge in [0.25, 0.3) is 0 Å². The molecule has 7 nitrogen and oxygen atoms in total. The Hall–Kier alpha value is -2.19. The monoisotopic (exact) mass is 406 g/mol. The molecule has 0 bridgehead atoms. The van der Waals surface area contributed by atoms with Gasteiger partial charge in [-0.15, -0.1) is 0 Å². The van der Waals surface area contributed by atoms with Crippen molar-refractivity contribution in [2.24, 2.45) is 7.05 Å². The van der Waals surface area contributed by atoms with E-state index in [-0.39, 0.29) is 28.5 Å². The van der Waals surface area contributed by atoms with Crippen molar-refractivity contribution in [3.63, 3.8) is 0 Å². The summed E-state index contributed by atoms with van der Waals surface area (Å²) in [7, 11) is -2.12. The maximum Gasteiger partial charge on any atom is 0.220 e. The van der Waals surface area contributed by atoms with Crippen LogP contribution in [0.2, 0.25) is 0 Å². The van der Waals surface area contributed by atoms with Crippen LogP contribution in [0.1, 0.15) is 60.7 Å². The third-order valence-electron chi connectivity index (χ3n) is 5.33.